The Morgan fingerprint density at radius 2 is 0.885 bits per heavy atom. The number of hydrogen-bond acceptors (Lipinski definition) is 14. The van der Waals surface area contributed by atoms with Gasteiger partial charge < -0.3 is 49.6 Å². The molecule has 52 heavy (non-hydrogen) atoms. The van der Waals surface area contributed by atoms with E-state index in [9.17, 15) is 34.5 Å². The summed E-state index contributed by atoms with van der Waals surface area (Å²) < 4.78 is 15.1. The van der Waals surface area contributed by atoms with Crippen molar-refractivity contribution in [3.63, 3.8) is 0 Å². The summed E-state index contributed by atoms with van der Waals surface area (Å²) in [7, 11) is 0. The number of rotatable bonds is 12. The Kier molecular flexibility index (Phi) is 23.8. The molecule has 0 saturated carbocycles. The predicted octanol–water partition coefficient (Wildman–Crippen LogP) is 4.64. The van der Waals surface area contributed by atoms with Crippen LogP contribution >= 0.6 is 0 Å². The molecular formula is C36H58FeN5O10-. The standard InChI is InChI=1S/C12H20N2O3.C12H19N2O3.C12H19NO4.Fe/c1-3-17-12(13)10-4-6-14(7-5-10)11(16)8-9(2)15;1-3-17-12(16)10-4-6-14(7-5-10)11(15)8-9(2)13;1-3-17-12(16)10-4-6-13(7-5-10)11(15)8-9(2)14;/h8,10,13,16H,3-7H2,1-2H3;2*8,10,15H,3-7H2,1-2H3;/q;-1;;. The fourth-order valence-corrected chi connectivity index (χ4v) is 5.68. The number of nitrogens with one attached hydrogen (secondary N) is 1. The molecule has 296 valence electrons. The van der Waals surface area contributed by atoms with E-state index in [2.05, 4.69) is 0 Å². The van der Waals surface area contributed by atoms with Crippen molar-refractivity contribution in [1.82, 2.24) is 14.7 Å². The van der Waals surface area contributed by atoms with Gasteiger partial charge in [0, 0.05) is 74.4 Å². The summed E-state index contributed by atoms with van der Waals surface area (Å²) in [5, 5.41) is 45.7. The molecule has 16 heteroatoms. The molecule has 0 radical (unpaired) electrons. The number of allylic oxidation sites excluding steroid dienone is 3. The Balaban J connectivity index is 0.000000743. The summed E-state index contributed by atoms with van der Waals surface area (Å²) in [6.45, 7) is 14.7. The van der Waals surface area contributed by atoms with Gasteiger partial charge in [-0.3, -0.25) is 24.6 Å². The number of hydrogen-bond donors (Lipinski definition) is 4. The topological polar surface area (TPSA) is 213 Å². The summed E-state index contributed by atoms with van der Waals surface area (Å²) in [5.41, 5.74) is 0.0648. The first-order valence-electron chi connectivity index (χ1n) is 17.7. The molecule has 0 atom stereocenters. The second-order valence-corrected chi connectivity index (χ2v) is 12.5. The van der Waals surface area contributed by atoms with Crippen molar-refractivity contribution < 1.29 is 65.8 Å². The minimum atomic E-state index is -0.185. The average molecular weight is 777 g/mol. The number of likely N-dealkylation sites (tertiary alicyclic amines) is 3. The van der Waals surface area contributed by atoms with Gasteiger partial charge in [0.15, 0.2) is 35.1 Å². The molecule has 3 fully saturated rings. The van der Waals surface area contributed by atoms with Gasteiger partial charge in [-0.1, -0.05) is 6.92 Å². The van der Waals surface area contributed by atoms with Gasteiger partial charge >= 0.3 is 11.9 Å². The summed E-state index contributed by atoms with van der Waals surface area (Å²) in [5.74, 6) is -0.288. The Labute approximate surface area is 318 Å². The first kappa shape index (κ1) is 48.0. The van der Waals surface area contributed by atoms with Crippen molar-refractivity contribution in [2.75, 3.05) is 59.1 Å². The van der Waals surface area contributed by atoms with Gasteiger partial charge in [0.05, 0.1) is 31.7 Å². The van der Waals surface area contributed by atoms with Gasteiger partial charge in [0.1, 0.15) is 0 Å². The van der Waals surface area contributed by atoms with Gasteiger partial charge in [0.2, 0.25) is 0 Å². The summed E-state index contributed by atoms with van der Waals surface area (Å²) >= 11 is 0. The molecule has 4 N–H and O–H groups in total. The van der Waals surface area contributed by atoms with E-state index in [0.29, 0.717) is 90.7 Å². The van der Waals surface area contributed by atoms with Gasteiger partial charge in [0.25, 0.3) is 0 Å². The fraction of sp³-hybridized carbons (Fsp3) is 0.667. The summed E-state index contributed by atoms with van der Waals surface area (Å²) in [4.78, 5) is 49.8. The zero-order chi connectivity index (χ0) is 38.5. The van der Waals surface area contributed by atoms with E-state index in [1.807, 2.05) is 6.92 Å². The van der Waals surface area contributed by atoms with Crippen LogP contribution in [-0.2, 0) is 50.5 Å². The van der Waals surface area contributed by atoms with Gasteiger partial charge in [-0.15, -0.1) is 0 Å². The molecule has 0 bridgehead atoms. The molecule has 0 aliphatic carbocycles. The number of ketones is 2. The third-order valence-corrected chi connectivity index (χ3v) is 8.37. The van der Waals surface area contributed by atoms with Crippen molar-refractivity contribution >= 4 is 35.1 Å². The van der Waals surface area contributed by atoms with Crippen molar-refractivity contribution in [3.8, 4) is 0 Å². The number of carbonyl (C=O) groups excluding carboxylic acids is 4. The minimum Gasteiger partial charge on any atom is -0.808 e. The SMILES string of the molecule is CCOC(=N)C1CCN(C(O)=CC(C)=O)CC1.CCOC(=O)C1CCN(C(O)=CC(C)=O)CC1.CCOC(=O)C1CCN(C(O)=CC(C)=[N-])CC1.[Fe]. The molecule has 0 spiro atoms. The van der Waals surface area contributed by atoms with E-state index < -0.39 is 0 Å². The van der Waals surface area contributed by atoms with Crippen LogP contribution in [-0.4, -0.2) is 124 Å². The molecule has 0 unspecified atom stereocenters. The van der Waals surface area contributed by atoms with Crippen LogP contribution in [0.15, 0.2) is 35.9 Å². The van der Waals surface area contributed by atoms with Crippen LogP contribution in [0, 0.1) is 23.2 Å². The van der Waals surface area contributed by atoms with E-state index in [-0.39, 0.29) is 81.7 Å². The molecule has 3 aliphatic heterocycles. The van der Waals surface area contributed by atoms with E-state index in [4.69, 9.17) is 25.0 Å². The second kappa shape index (κ2) is 25.8. The molecule has 0 aromatic rings. The minimum absolute atomic E-state index is 0. The fourth-order valence-electron chi connectivity index (χ4n) is 5.68. The van der Waals surface area contributed by atoms with Crippen LogP contribution in [0.25, 0.3) is 5.41 Å². The van der Waals surface area contributed by atoms with Crippen LogP contribution in [0.1, 0.15) is 80.1 Å². The first-order valence-corrected chi connectivity index (χ1v) is 17.7. The number of aliphatic hydroxyl groups is 3. The largest absolute Gasteiger partial charge is 0.808 e. The van der Waals surface area contributed by atoms with Gasteiger partial charge in [-0.05, 0) is 79.2 Å². The maximum atomic E-state index is 11.5. The second-order valence-electron chi connectivity index (χ2n) is 12.5. The van der Waals surface area contributed by atoms with E-state index in [1.165, 1.54) is 39.0 Å². The molecule has 0 aromatic carbocycles. The number of ether oxygens (including phenoxy) is 3. The van der Waals surface area contributed by atoms with E-state index >= 15 is 0 Å². The Hall–Kier alpha value is -4.04. The number of piperidine rings is 3. The van der Waals surface area contributed by atoms with Gasteiger partial charge in [-0.25, -0.2) is 0 Å². The molecule has 3 rings (SSSR count). The normalized spacial score (nSPS) is 17.7. The first-order chi connectivity index (χ1) is 24.1. The third kappa shape index (κ3) is 18.5. The van der Waals surface area contributed by atoms with Crippen molar-refractivity contribution in [3.05, 3.63) is 41.3 Å². The Bertz CT molecular complexity index is 1110. The monoisotopic (exact) mass is 776 g/mol. The quantitative estimate of drug-likeness (QED) is 0.0532. The van der Waals surface area contributed by atoms with Crippen molar-refractivity contribution in [2.45, 2.75) is 80.1 Å². The molecule has 0 aromatic heterocycles. The maximum Gasteiger partial charge on any atom is 0.309 e. The van der Waals surface area contributed by atoms with Crippen LogP contribution in [0.5, 0.6) is 0 Å². The number of carbonyl (C=O) groups is 4. The van der Waals surface area contributed by atoms with E-state index in [0.717, 1.165) is 12.8 Å². The smallest absolute Gasteiger partial charge is 0.309 e. The van der Waals surface area contributed by atoms with Crippen LogP contribution in [0.2, 0.25) is 0 Å². The zero-order valence-corrected chi connectivity index (χ0v) is 32.5. The maximum absolute atomic E-state index is 11.5. The van der Waals surface area contributed by atoms with Crippen LogP contribution in [0.4, 0.5) is 0 Å². The van der Waals surface area contributed by atoms with Crippen LogP contribution < -0.4 is 0 Å². The van der Waals surface area contributed by atoms with Crippen molar-refractivity contribution in [2.24, 2.45) is 17.8 Å². The third-order valence-electron chi connectivity index (χ3n) is 8.37. The van der Waals surface area contributed by atoms with Crippen molar-refractivity contribution in [1.29, 1.82) is 5.41 Å². The Morgan fingerprint density at radius 1 is 0.596 bits per heavy atom. The van der Waals surface area contributed by atoms with Crippen LogP contribution in [0.3, 0.4) is 0 Å². The number of aliphatic hydroxyl groups excluding tert-OH is 3. The molecule has 15 nitrogen and oxygen atoms in total. The predicted molar refractivity (Wildman–Crippen MR) is 193 cm³/mol. The molecule has 3 saturated heterocycles. The van der Waals surface area contributed by atoms with E-state index in [1.54, 1.807) is 28.5 Å². The molecule has 3 heterocycles. The molecule has 3 aliphatic rings. The van der Waals surface area contributed by atoms with Gasteiger partial charge in [-0.2, -0.15) is 5.71 Å². The zero-order valence-electron chi connectivity index (χ0n) is 31.4. The summed E-state index contributed by atoms with van der Waals surface area (Å²) in [6.07, 6.45) is 7.92. The average Bonchev–Trinajstić information content (AvgIpc) is 3.08. The summed E-state index contributed by atoms with van der Waals surface area (Å²) in [6, 6.07) is 0. The Morgan fingerprint density at radius 3 is 1.15 bits per heavy atom. The number of esters is 2. The molecular weight excluding hydrogens is 718 g/mol. The molecule has 0 amide bonds. The number of nitrogens with zero attached hydrogens (tertiary/aromatic N) is 4.